The molecule has 1 fully saturated rings. The molecule has 1 saturated heterocycles. The Morgan fingerprint density at radius 1 is 0.923 bits per heavy atom. The van der Waals surface area contributed by atoms with Gasteiger partial charge < -0.3 is 20.1 Å². The fraction of sp³-hybridized carbons (Fsp3) is 0.733. The molecule has 0 aromatic heterocycles. The Hall–Kier alpha value is -2.24. The zero-order chi connectivity index (χ0) is 19.5. The average Bonchev–Trinajstić information content (AvgIpc) is 2.64. The number of carboxylic acid groups (broad SMARTS) is 3. The molecular weight excluding hydrogens is 350 g/mol. The number of aliphatic carboxylic acids is 3. The molecule has 1 rings (SSSR count). The molecule has 148 valence electrons. The first-order valence-corrected chi connectivity index (χ1v) is 8.24. The van der Waals surface area contributed by atoms with E-state index in [1.807, 2.05) is 0 Å². The molecule has 1 heterocycles. The summed E-state index contributed by atoms with van der Waals surface area (Å²) in [5.41, 5.74) is 0. The van der Waals surface area contributed by atoms with Crippen molar-refractivity contribution in [2.45, 2.75) is 18.9 Å². The van der Waals surface area contributed by atoms with Crippen molar-refractivity contribution in [3.63, 3.8) is 0 Å². The number of nitrogens with zero attached hydrogens (tertiary/aromatic N) is 3. The van der Waals surface area contributed by atoms with Gasteiger partial charge in [-0.2, -0.15) is 0 Å². The van der Waals surface area contributed by atoms with Gasteiger partial charge in [-0.25, -0.2) is 0 Å². The van der Waals surface area contributed by atoms with E-state index in [0.29, 0.717) is 45.7 Å². The van der Waals surface area contributed by atoms with Crippen molar-refractivity contribution < 1.29 is 39.2 Å². The Morgan fingerprint density at radius 2 is 1.50 bits per heavy atom. The second kappa shape index (κ2) is 11.4. The topological polar surface area (TPSA) is 148 Å². The van der Waals surface area contributed by atoms with E-state index < -0.39 is 23.9 Å². The van der Waals surface area contributed by atoms with Crippen LogP contribution < -0.4 is 0 Å². The van der Waals surface area contributed by atoms with Gasteiger partial charge in [0, 0.05) is 45.7 Å². The number of carbonyl (C=O) groups excluding carboxylic acids is 1. The largest absolute Gasteiger partial charge is 0.481 e. The van der Waals surface area contributed by atoms with E-state index in [9.17, 15) is 24.3 Å². The van der Waals surface area contributed by atoms with Crippen LogP contribution in [0.5, 0.6) is 0 Å². The van der Waals surface area contributed by atoms with Crippen LogP contribution in [0.15, 0.2) is 0 Å². The first kappa shape index (κ1) is 21.8. The van der Waals surface area contributed by atoms with Crippen LogP contribution in [0.25, 0.3) is 0 Å². The van der Waals surface area contributed by atoms with Gasteiger partial charge >= 0.3 is 17.9 Å². The lowest BCUT2D eigenvalue weighted by Gasteiger charge is -2.30. The molecule has 0 bridgehead atoms. The molecule has 11 nitrogen and oxygen atoms in total. The number of ether oxygens (including phenoxy) is 1. The molecule has 1 unspecified atom stereocenters. The van der Waals surface area contributed by atoms with Crippen LogP contribution in [0.2, 0.25) is 0 Å². The van der Waals surface area contributed by atoms with Gasteiger partial charge in [0.25, 0.3) is 6.47 Å². The number of carboxylic acids is 3. The van der Waals surface area contributed by atoms with E-state index in [0.717, 1.165) is 0 Å². The highest BCUT2D eigenvalue weighted by Gasteiger charge is 2.28. The molecule has 26 heavy (non-hydrogen) atoms. The van der Waals surface area contributed by atoms with Gasteiger partial charge in [0.1, 0.15) is 12.8 Å². The summed E-state index contributed by atoms with van der Waals surface area (Å²) in [6.45, 7) is 2.40. The van der Waals surface area contributed by atoms with E-state index in [2.05, 4.69) is 0 Å². The molecule has 1 aliphatic heterocycles. The smallest absolute Gasteiger partial charge is 0.320 e. The Kier molecular flexibility index (Phi) is 9.55. The molecule has 11 heteroatoms. The van der Waals surface area contributed by atoms with Crippen LogP contribution >= 0.6 is 0 Å². The van der Waals surface area contributed by atoms with Crippen LogP contribution in [0.3, 0.4) is 0 Å². The van der Waals surface area contributed by atoms with E-state index in [-0.39, 0.29) is 26.1 Å². The highest BCUT2D eigenvalue weighted by Crippen LogP contribution is 2.10. The normalized spacial score (nSPS) is 18.9. The van der Waals surface area contributed by atoms with Gasteiger partial charge in [0.05, 0.1) is 6.54 Å². The summed E-state index contributed by atoms with van der Waals surface area (Å²) < 4.78 is 4.75. The maximum absolute atomic E-state index is 11.6. The minimum absolute atomic E-state index is 0.0190. The molecule has 0 saturated carbocycles. The highest BCUT2D eigenvalue weighted by molar-refractivity contribution is 5.75. The van der Waals surface area contributed by atoms with E-state index in [4.69, 9.17) is 14.9 Å². The van der Waals surface area contributed by atoms with Crippen LogP contribution in [0.4, 0.5) is 0 Å². The molecule has 1 atom stereocenters. The minimum atomic E-state index is -1.12. The van der Waals surface area contributed by atoms with Crippen molar-refractivity contribution in [3.8, 4) is 0 Å². The van der Waals surface area contributed by atoms with Crippen LogP contribution in [0, 0.1) is 0 Å². The SMILES string of the molecule is O=COCN1CCN(CC(=O)O)CCN(C(CCC(=O)O)C(=O)O)CC1. The number of hydrogen-bond acceptors (Lipinski definition) is 8. The number of rotatable bonds is 10. The van der Waals surface area contributed by atoms with Gasteiger partial charge in [-0.1, -0.05) is 0 Å². The molecule has 0 aliphatic carbocycles. The van der Waals surface area contributed by atoms with Gasteiger partial charge in [-0.15, -0.1) is 0 Å². The second-order valence-corrected chi connectivity index (χ2v) is 6.00. The van der Waals surface area contributed by atoms with Crippen LogP contribution in [-0.2, 0) is 23.9 Å². The van der Waals surface area contributed by atoms with Crippen molar-refractivity contribution in [2.75, 3.05) is 52.5 Å². The number of hydrogen-bond donors (Lipinski definition) is 3. The van der Waals surface area contributed by atoms with Crippen molar-refractivity contribution >= 4 is 24.4 Å². The first-order valence-electron chi connectivity index (χ1n) is 8.24. The molecule has 0 aromatic rings. The summed E-state index contributed by atoms with van der Waals surface area (Å²) in [6, 6.07) is -0.982. The molecule has 0 spiro atoms. The zero-order valence-corrected chi connectivity index (χ0v) is 14.5. The third kappa shape index (κ3) is 8.23. The lowest BCUT2D eigenvalue weighted by molar-refractivity contribution is -0.145. The highest BCUT2D eigenvalue weighted by atomic mass is 16.5. The van der Waals surface area contributed by atoms with Gasteiger partial charge in [0.15, 0.2) is 0 Å². The van der Waals surface area contributed by atoms with Crippen LogP contribution in [0.1, 0.15) is 12.8 Å². The third-order valence-corrected chi connectivity index (χ3v) is 4.18. The molecule has 1 aliphatic rings. The maximum Gasteiger partial charge on any atom is 0.320 e. The minimum Gasteiger partial charge on any atom is -0.481 e. The predicted molar refractivity (Wildman–Crippen MR) is 87.5 cm³/mol. The Morgan fingerprint density at radius 3 is 2.04 bits per heavy atom. The van der Waals surface area contributed by atoms with Crippen molar-refractivity contribution in [3.05, 3.63) is 0 Å². The molecular formula is C15H25N3O8. The summed E-state index contributed by atoms with van der Waals surface area (Å²) in [5, 5.41) is 27.3. The van der Waals surface area contributed by atoms with Gasteiger partial charge in [-0.3, -0.25) is 33.9 Å². The average molecular weight is 375 g/mol. The predicted octanol–water partition coefficient (Wildman–Crippen LogP) is -1.56. The van der Waals surface area contributed by atoms with Crippen molar-refractivity contribution in [1.29, 1.82) is 0 Å². The second-order valence-electron chi connectivity index (χ2n) is 6.00. The van der Waals surface area contributed by atoms with Gasteiger partial charge in [-0.05, 0) is 6.42 Å². The van der Waals surface area contributed by atoms with E-state index in [1.165, 1.54) is 0 Å². The van der Waals surface area contributed by atoms with Gasteiger partial charge in [0.2, 0.25) is 0 Å². The molecule has 0 aromatic carbocycles. The third-order valence-electron chi connectivity index (χ3n) is 4.18. The standard InChI is InChI=1S/C15H25N3O8/c19-11-26-10-17-4-3-16(9-14(22)23)5-7-18(8-6-17)12(15(24)25)1-2-13(20)21/h11-12H,1-10H2,(H,20,21)(H,22,23)(H,24,25). The first-order chi connectivity index (χ1) is 12.3. The Labute approximate surface area is 150 Å². The van der Waals surface area contributed by atoms with Crippen LogP contribution in [-0.4, -0.2) is 113 Å². The van der Waals surface area contributed by atoms with E-state index >= 15 is 0 Å². The zero-order valence-electron chi connectivity index (χ0n) is 14.5. The summed E-state index contributed by atoms with van der Waals surface area (Å²) >= 11 is 0. The summed E-state index contributed by atoms with van der Waals surface area (Å²) in [6.07, 6.45) is -0.321. The summed E-state index contributed by atoms with van der Waals surface area (Å²) in [4.78, 5) is 48.9. The maximum atomic E-state index is 11.6. The lowest BCUT2D eigenvalue weighted by atomic mass is 10.1. The number of carbonyl (C=O) groups is 4. The Balaban J connectivity index is 2.86. The fourth-order valence-corrected chi connectivity index (χ4v) is 2.81. The fourth-order valence-electron chi connectivity index (χ4n) is 2.81. The Bertz CT molecular complexity index is 501. The quantitative estimate of drug-likeness (QED) is 0.381. The molecule has 3 N–H and O–H groups in total. The molecule has 0 radical (unpaired) electrons. The monoisotopic (exact) mass is 375 g/mol. The summed E-state index contributed by atoms with van der Waals surface area (Å²) in [5.74, 6) is -3.19. The van der Waals surface area contributed by atoms with Crippen molar-refractivity contribution in [1.82, 2.24) is 14.7 Å². The van der Waals surface area contributed by atoms with E-state index in [1.54, 1.807) is 14.7 Å². The lowest BCUT2D eigenvalue weighted by Crippen LogP contribution is -2.47. The molecule has 0 amide bonds. The van der Waals surface area contributed by atoms with Crippen molar-refractivity contribution in [2.24, 2.45) is 0 Å². The summed E-state index contributed by atoms with van der Waals surface area (Å²) in [7, 11) is 0.